The Morgan fingerprint density at radius 2 is 2.26 bits per heavy atom. The third-order valence-electron chi connectivity index (χ3n) is 2.79. The fourth-order valence-electron chi connectivity index (χ4n) is 1.81. The average molecular weight is 323 g/mol. The molecule has 0 amide bonds. The molecule has 1 aromatic heterocycles. The number of hydrogen-bond donors (Lipinski definition) is 1. The normalized spacial score (nSPS) is 10.5. The van der Waals surface area contributed by atoms with E-state index >= 15 is 0 Å². The molecule has 0 saturated carbocycles. The molecule has 0 radical (unpaired) electrons. The fraction of sp³-hybridized carbons (Fsp3) is 0.286. The van der Waals surface area contributed by atoms with Gasteiger partial charge in [0, 0.05) is 22.9 Å². The lowest BCUT2D eigenvalue weighted by Crippen LogP contribution is -1.95. The second-order valence-electron chi connectivity index (χ2n) is 4.29. The lowest BCUT2D eigenvalue weighted by Gasteiger charge is -2.06. The number of nitrogens with zero attached hydrogens (tertiary/aromatic N) is 1. The number of aryl methyl sites for hydroxylation is 1. The number of methoxy groups -OCH3 is 1. The van der Waals surface area contributed by atoms with Crippen molar-refractivity contribution < 1.29 is 9.53 Å². The Bertz CT molecular complexity index is 593. The predicted molar refractivity (Wildman–Crippen MR) is 77.3 cm³/mol. The predicted octanol–water partition coefficient (Wildman–Crippen LogP) is 3.37. The SMILES string of the molecule is COc1ccc(Br)cc1-c1cnc(CCC(C)=O)[nH]1. The Morgan fingerprint density at radius 3 is 2.95 bits per heavy atom. The van der Waals surface area contributed by atoms with E-state index in [0.717, 1.165) is 27.3 Å². The van der Waals surface area contributed by atoms with Gasteiger partial charge in [0.1, 0.15) is 17.4 Å². The van der Waals surface area contributed by atoms with Crippen LogP contribution in [0.15, 0.2) is 28.9 Å². The number of carbonyl (C=O) groups excluding carboxylic acids is 1. The Labute approximate surface area is 120 Å². The van der Waals surface area contributed by atoms with E-state index in [9.17, 15) is 4.79 Å². The van der Waals surface area contributed by atoms with Gasteiger partial charge in [-0.2, -0.15) is 0 Å². The number of H-pyrrole nitrogens is 1. The number of carbonyl (C=O) groups is 1. The summed E-state index contributed by atoms with van der Waals surface area (Å²) in [5, 5.41) is 0. The van der Waals surface area contributed by atoms with Gasteiger partial charge in [-0.1, -0.05) is 15.9 Å². The van der Waals surface area contributed by atoms with Crippen molar-refractivity contribution in [3.63, 3.8) is 0 Å². The van der Waals surface area contributed by atoms with Crippen LogP contribution >= 0.6 is 15.9 Å². The van der Waals surface area contributed by atoms with E-state index in [2.05, 4.69) is 25.9 Å². The number of ketones is 1. The lowest BCUT2D eigenvalue weighted by atomic mass is 10.1. The van der Waals surface area contributed by atoms with Crippen molar-refractivity contribution in [2.45, 2.75) is 19.8 Å². The number of ether oxygens (including phenoxy) is 1. The van der Waals surface area contributed by atoms with Gasteiger partial charge in [0.05, 0.1) is 19.0 Å². The van der Waals surface area contributed by atoms with Gasteiger partial charge in [-0.15, -0.1) is 0 Å². The van der Waals surface area contributed by atoms with Crippen LogP contribution in [0.1, 0.15) is 19.2 Å². The summed E-state index contributed by atoms with van der Waals surface area (Å²) in [6, 6.07) is 5.80. The number of aromatic nitrogens is 2. The standard InChI is InChI=1S/C14H15BrN2O2/c1-9(18)3-6-14-16-8-12(17-14)11-7-10(15)4-5-13(11)19-2/h4-5,7-8H,3,6H2,1-2H3,(H,16,17). The fourth-order valence-corrected chi connectivity index (χ4v) is 2.17. The summed E-state index contributed by atoms with van der Waals surface area (Å²) in [6.07, 6.45) is 2.90. The summed E-state index contributed by atoms with van der Waals surface area (Å²) in [7, 11) is 1.64. The van der Waals surface area contributed by atoms with Gasteiger partial charge < -0.3 is 14.5 Å². The number of rotatable bonds is 5. The van der Waals surface area contributed by atoms with Gasteiger partial charge in [0.25, 0.3) is 0 Å². The molecule has 5 heteroatoms. The van der Waals surface area contributed by atoms with E-state index in [-0.39, 0.29) is 5.78 Å². The van der Waals surface area contributed by atoms with Crippen LogP contribution in [0.3, 0.4) is 0 Å². The topological polar surface area (TPSA) is 55.0 Å². The zero-order valence-electron chi connectivity index (χ0n) is 10.9. The number of hydrogen-bond acceptors (Lipinski definition) is 3. The van der Waals surface area contributed by atoms with Crippen LogP contribution in [-0.2, 0) is 11.2 Å². The third kappa shape index (κ3) is 3.44. The van der Waals surface area contributed by atoms with E-state index in [1.165, 1.54) is 0 Å². The molecular weight excluding hydrogens is 308 g/mol. The molecule has 0 aliphatic heterocycles. The highest BCUT2D eigenvalue weighted by Crippen LogP contribution is 2.31. The zero-order valence-corrected chi connectivity index (χ0v) is 12.5. The molecule has 0 atom stereocenters. The van der Waals surface area contributed by atoms with Crippen LogP contribution < -0.4 is 4.74 Å². The van der Waals surface area contributed by atoms with Crippen molar-refractivity contribution in [3.8, 4) is 17.0 Å². The van der Waals surface area contributed by atoms with E-state index in [4.69, 9.17) is 4.74 Å². The first-order valence-electron chi connectivity index (χ1n) is 5.97. The molecular formula is C14H15BrN2O2. The van der Waals surface area contributed by atoms with Crippen molar-refractivity contribution in [3.05, 3.63) is 34.7 Å². The Hall–Kier alpha value is -1.62. The van der Waals surface area contributed by atoms with Gasteiger partial charge in [-0.3, -0.25) is 0 Å². The number of aromatic amines is 1. The summed E-state index contributed by atoms with van der Waals surface area (Å²) in [6.45, 7) is 1.58. The first kappa shape index (κ1) is 13.8. The molecule has 0 aliphatic rings. The number of nitrogens with one attached hydrogen (secondary N) is 1. The molecule has 100 valence electrons. The van der Waals surface area contributed by atoms with Crippen molar-refractivity contribution >= 4 is 21.7 Å². The zero-order chi connectivity index (χ0) is 13.8. The Morgan fingerprint density at radius 1 is 1.47 bits per heavy atom. The maximum atomic E-state index is 11.0. The molecule has 4 nitrogen and oxygen atoms in total. The molecule has 0 saturated heterocycles. The Kier molecular flexibility index (Phi) is 4.37. The van der Waals surface area contributed by atoms with Gasteiger partial charge in [0.15, 0.2) is 0 Å². The number of halogens is 1. The Balaban J connectivity index is 2.27. The maximum Gasteiger partial charge on any atom is 0.130 e. The molecule has 19 heavy (non-hydrogen) atoms. The first-order chi connectivity index (χ1) is 9.10. The molecule has 2 aromatic rings. The molecule has 2 rings (SSSR count). The maximum absolute atomic E-state index is 11.0. The van der Waals surface area contributed by atoms with Crippen LogP contribution in [0.5, 0.6) is 5.75 Å². The second-order valence-corrected chi connectivity index (χ2v) is 5.21. The third-order valence-corrected chi connectivity index (χ3v) is 3.29. The molecule has 0 bridgehead atoms. The molecule has 0 fully saturated rings. The van der Waals surface area contributed by atoms with Crippen molar-refractivity contribution in [2.75, 3.05) is 7.11 Å². The van der Waals surface area contributed by atoms with Crippen molar-refractivity contribution in [1.29, 1.82) is 0 Å². The quantitative estimate of drug-likeness (QED) is 0.918. The molecule has 0 aliphatic carbocycles. The van der Waals surface area contributed by atoms with Crippen molar-refractivity contribution in [2.24, 2.45) is 0 Å². The van der Waals surface area contributed by atoms with Gasteiger partial charge in [-0.05, 0) is 25.1 Å². The number of Topliss-reactive ketones (excluding diaryl/α,β-unsaturated/α-hetero) is 1. The highest BCUT2D eigenvalue weighted by atomic mass is 79.9. The summed E-state index contributed by atoms with van der Waals surface area (Å²) in [4.78, 5) is 18.5. The average Bonchev–Trinajstić information content (AvgIpc) is 2.85. The van der Waals surface area contributed by atoms with Gasteiger partial charge in [-0.25, -0.2) is 4.98 Å². The lowest BCUT2D eigenvalue weighted by molar-refractivity contribution is -0.117. The van der Waals surface area contributed by atoms with E-state index in [1.807, 2.05) is 18.2 Å². The van der Waals surface area contributed by atoms with Crippen LogP contribution in [0.25, 0.3) is 11.3 Å². The van der Waals surface area contributed by atoms with E-state index in [1.54, 1.807) is 20.2 Å². The first-order valence-corrected chi connectivity index (χ1v) is 6.76. The molecule has 1 N–H and O–H groups in total. The molecule has 1 aromatic carbocycles. The van der Waals surface area contributed by atoms with Crippen molar-refractivity contribution in [1.82, 2.24) is 9.97 Å². The molecule has 0 spiro atoms. The highest BCUT2D eigenvalue weighted by Gasteiger charge is 2.10. The van der Waals surface area contributed by atoms with Crippen LogP contribution in [0.4, 0.5) is 0 Å². The summed E-state index contributed by atoms with van der Waals surface area (Å²) < 4.78 is 6.31. The largest absolute Gasteiger partial charge is 0.496 e. The van der Waals surface area contributed by atoms with Crippen LogP contribution in [0.2, 0.25) is 0 Å². The number of imidazole rings is 1. The van der Waals surface area contributed by atoms with Gasteiger partial charge in [0.2, 0.25) is 0 Å². The van der Waals surface area contributed by atoms with E-state index < -0.39 is 0 Å². The minimum absolute atomic E-state index is 0.165. The highest BCUT2D eigenvalue weighted by molar-refractivity contribution is 9.10. The molecule has 1 heterocycles. The minimum atomic E-state index is 0.165. The summed E-state index contributed by atoms with van der Waals surface area (Å²) in [5.74, 6) is 1.76. The number of benzene rings is 1. The monoisotopic (exact) mass is 322 g/mol. The van der Waals surface area contributed by atoms with E-state index in [0.29, 0.717) is 12.8 Å². The summed E-state index contributed by atoms with van der Waals surface area (Å²) in [5.41, 5.74) is 1.83. The van der Waals surface area contributed by atoms with Gasteiger partial charge >= 0.3 is 0 Å². The smallest absolute Gasteiger partial charge is 0.130 e. The van der Waals surface area contributed by atoms with Crippen LogP contribution in [0, 0.1) is 0 Å². The minimum Gasteiger partial charge on any atom is -0.496 e. The second kappa shape index (κ2) is 6.02. The van der Waals surface area contributed by atoms with Crippen LogP contribution in [-0.4, -0.2) is 22.9 Å². The summed E-state index contributed by atoms with van der Waals surface area (Å²) >= 11 is 3.44. The molecule has 0 unspecified atom stereocenters.